The summed E-state index contributed by atoms with van der Waals surface area (Å²) in [6.07, 6.45) is 5.80. The van der Waals surface area contributed by atoms with Gasteiger partial charge in [-0.1, -0.05) is 42.1 Å². The number of hydrogen-bond donors (Lipinski definition) is 0. The zero-order valence-corrected chi connectivity index (χ0v) is 19.9. The Labute approximate surface area is 198 Å². The Bertz CT molecular complexity index is 1280. The van der Waals surface area contributed by atoms with E-state index in [1.165, 1.54) is 17.3 Å². The molecule has 0 spiro atoms. The van der Waals surface area contributed by atoms with Crippen LogP contribution in [0.1, 0.15) is 59.2 Å². The predicted molar refractivity (Wildman–Crippen MR) is 131 cm³/mol. The van der Waals surface area contributed by atoms with Crippen molar-refractivity contribution in [2.45, 2.75) is 50.9 Å². The number of hydrogen-bond acceptors (Lipinski definition) is 5. The van der Waals surface area contributed by atoms with E-state index in [1.54, 1.807) is 6.20 Å². The summed E-state index contributed by atoms with van der Waals surface area (Å²) in [5.41, 5.74) is 5.07. The second-order valence-corrected chi connectivity index (χ2v) is 9.54. The second-order valence-electron chi connectivity index (χ2n) is 8.60. The van der Waals surface area contributed by atoms with Crippen molar-refractivity contribution in [1.29, 1.82) is 0 Å². The lowest BCUT2D eigenvalue weighted by molar-refractivity contribution is 0.102. The summed E-state index contributed by atoms with van der Waals surface area (Å²) in [6.45, 7) is 6.29. The molecule has 0 N–H and O–H groups in total. The monoisotopic (exact) mass is 457 g/mol. The molecule has 3 heterocycles. The first-order chi connectivity index (χ1) is 16.0. The van der Waals surface area contributed by atoms with E-state index in [4.69, 9.17) is 0 Å². The highest BCUT2D eigenvalue weighted by Gasteiger charge is 2.30. The quantitative estimate of drug-likeness (QED) is 0.252. The smallest absolute Gasteiger partial charge is 0.192 e. The van der Waals surface area contributed by atoms with Crippen LogP contribution in [0.5, 0.6) is 0 Å². The number of carbonyl (C=O) groups is 1. The Hall–Kier alpha value is -3.19. The molecular weight excluding hydrogens is 430 g/mol. The molecule has 0 aliphatic heterocycles. The highest BCUT2D eigenvalue weighted by atomic mass is 32.2. The number of rotatable bonds is 8. The standard InChI is InChI=1S/C26H27N5OS/c1-17-14-23(19(3)30(17)18(2)20-8-5-4-6-9-20)24(32)16-33-26-29-28-25(31(26)22-11-12-22)21-10-7-13-27-15-21/h4-10,13-15,18,22H,11-12,16H2,1-3H3/t18-/m1/s1. The fourth-order valence-electron chi connectivity index (χ4n) is 4.47. The van der Waals surface area contributed by atoms with Crippen molar-refractivity contribution in [3.05, 3.63) is 83.4 Å². The van der Waals surface area contributed by atoms with Gasteiger partial charge in [0.1, 0.15) is 0 Å². The van der Waals surface area contributed by atoms with Crippen LogP contribution in [0.2, 0.25) is 0 Å². The van der Waals surface area contributed by atoms with Crippen LogP contribution in [0.4, 0.5) is 0 Å². The summed E-state index contributed by atoms with van der Waals surface area (Å²) < 4.78 is 4.43. The molecule has 1 aliphatic carbocycles. The third-order valence-electron chi connectivity index (χ3n) is 6.28. The van der Waals surface area contributed by atoms with Gasteiger partial charge in [-0.2, -0.15) is 0 Å². The van der Waals surface area contributed by atoms with Gasteiger partial charge in [0.15, 0.2) is 16.8 Å². The van der Waals surface area contributed by atoms with E-state index in [2.05, 4.69) is 62.4 Å². The minimum atomic E-state index is 0.118. The van der Waals surface area contributed by atoms with Crippen molar-refractivity contribution in [3.8, 4) is 11.4 Å². The molecule has 0 amide bonds. The van der Waals surface area contributed by atoms with Crippen molar-refractivity contribution in [1.82, 2.24) is 24.3 Å². The second kappa shape index (κ2) is 8.98. The Morgan fingerprint density at radius 2 is 1.91 bits per heavy atom. The Balaban J connectivity index is 1.36. The maximum Gasteiger partial charge on any atom is 0.192 e. The van der Waals surface area contributed by atoms with Gasteiger partial charge in [0.25, 0.3) is 0 Å². The van der Waals surface area contributed by atoms with Gasteiger partial charge in [-0.3, -0.25) is 14.3 Å². The van der Waals surface area contributed by atoms with Gasteiger partial charge in [0.2, 0.25) is 0 Å². The maximum absolute atomic E-state index is 13.2. The highest BCUT2D eigenvalue weighted by Crippen LogP contribution is 2.41. The Morgan fingerprint density at radius 3 is 2.61 bits per heavy atom. The molecule has 1 aromatic carbocycles. The van der Waals surface area contributed by atoms with Crippen molar-refractivity contribution in [3.63, 3.8) is 0 Å². The number of benzene rings is 1. The molecule has 3 aromatic heterocycles. The summed E-state index contributed by atoms with van der Waals surface area (Å²) in [7, 11) is 0. The van der Waals surface area contributed by atoms with E-state index in [9.17, 15) is 4.79 Å². The largest absolute Gasteiger partial charge is 0.341 e. The molecule has 1 fully saturated rings. The number of pyridine rings is 1. The van der Waals surface area contributed by atoms with E-state index in [0.717, 1.165) is 46.3 Å². The first-order valence-corrected chi connectivity index (χ1v) is 12.3. The van der Waals surface area contributed by atoms with E-state index in [1.807, 2.05) is 37.4 Å². The van der Waals surface area contributed by atoms with Crippen LogP contribution in [0.3, 0.4) is 0 Å². The first-order valence-electron chi connectivity index (χ1n) is 11.3. The van der Waals surface area contributed by atoms with Crippen LogP contribution < -0.4 is 0 Å². The minimum Gasteiger partial charge on any atom is -0.341 e. The van der Waals surface area contributed by atoms with Crippen LogP contribution in [-0.2, 0) is 0 Å². The van der Waals surface area contributed by atoms with Gasteiger partial charge < -0.3 is 4.57 Å². The molecule has 1 atom stereocenters. The molecule has 168 valence electrons. The molecule has 6 nitrogen and oxygen atoms in total. The highest BCUT2D eigenvalue weighted by molar-refractivity contribution is 7.99. The lowest BCUT2D eigenvalue weighted by atomic mass is 10.1. The van der Waals surface area contributed by atoms with E-state index >= 15 is 0 Å². The molecule has 0 saturated heterocycles. The fourth-order valence-corrected chi connectivity index (χ4v) is 5.36. The topological polar surface area (TPSA) is 65.6 Å². The van der Waals surface area contributed by atoms with Gasteiger partial charge in [0.05, 0.1) is 11.8 Å². The maximum atomic E-state index is 13.2. The molecule has 0 unspecified atom stereocenters. The van der Waals surface area contributed by atoms with Gasteiger partial charge in [0, 0.05) is 41.0 Å². The van der Waals surface area contributed by atoms with E-state index < -0.39 is 0 Å². The number of aryl methyl sites for hydroxylation is 1. The average Bonchev–Trinajstić information content (AvgIpc) is 3.52. The van der Waals surface area contributed by atoms with Crippen LogP contribution in [0.25, 0.3) is 11.4 Å². The fraction of sp³-hybridized carbons (Fsp3) is 0.308. The zero-order chi connectivity index (χ0) is 22.9. The average molecular weight is 458 g/mol. The lowest BCUT2D eigenvalue weighted by Crippen LogP contribution is -2.12. The zero-order valence-electron chi connectivity index (χ0n) is 19.1. The molecule has 5 rings (SSSR count). The summed E-state index contributed by atoms with van der Waals surface area (Å²) in [6, 6.07) is 16.9. The van der Waals surface area contributed by atoms with Gasteiger partial charge in [-0.05, 0) is 57.4 Å². The number of Topliss-reactive ketones (excluding diaryl/α,β-unsaturated/α-hetero) is 1. The minimum absolute atomic E-state index is 0.118. The van der Waals surface area contributed by atoms with Crippen molar-refractivity contribution >= 4 is 17.5 Å². The molecule has 33 heavy (non-hydrogen) atoms. The molecule has 4 aromatic rings. The Morgan fingerprint density at radius 1 is 1.12 bits per heavy atom. The van der Waals surface area contributed by atoms with Crippen LogP contribution in [0, 0.1) is 13.8 Å². The third kappa shape index (κ3) is 4.25. The molecule has 7 heteroatoms. The molecule has 1 aliphatic rings. The molecule has 0 bridgehead atoms. The predicted octanol–water partition coefficient (Wildman–Crippen LogP) is 5.68. The van der Waals surface area contributed by atoms with Gasteiger partial charge in [-0.25, -0.2) is 0 Å². The number of thioether (sulfide) groups is 1. The van der Waals surface area contributed by atoms with Crippen LogP contribution in [-0.4, -0.2) is 35.9 Å². The number of carbonyl (C=O) groups excluding carboxylic acids is 1. The van der Waals surface area contributed by atoms with Gasteiger partial charge in [-0.15, -0.1) is 10.2 Å². The summed E-state index contributed by atoms with van der Waals surface area (Å²) in [5.74, 6) is 1.28. The van der Waals surface area contributed by atoms with Crippen LogP contribution >= 0.6 is 11.8 Å². The van der Waals surface area contributed by atoms with Crippen molar-refractivity contribution in [2.75, 3.05) is 5.75 Å². The lowest BCUT2D eigenvalue weighted by Gasteiger charge is -2.19. The number of nitrogens with zero attached hydrogens (tertiary/aromatic N) is 5. The normalized spacial score (nSPS) is 14.4. The molecule has 1 saturated carbocycles. The number of ketones is 1. The summed E-state index contributed by atoms with van der Waals surface area (Å²) >= 11 is 1.47. The van der Waals surface area contributed by atoms with E-state index in [0.29, 0.717) is 11.8 Å². The van der Waals surface area contributed by atoms with Gasteiger partial charge >= 0.3 is 0 Å². The SMILES string of the molecule is Cc1cc(C(=O)CSc2nnc(-c3cccnc3)n2C2CC2)c(C)n1[C@H](C)c1ccccc1. The molecular formula is C26H27N5OS. The first kappa shape index (κ1) is 21.6. The van der Waals surface area contributed by atoms with Crippen LogP contribution in [0.15, 0.2) is 66.1 Å². The van der Waals surface area contributed by atoms with Crippen molar-refractivity contribution in [2.24, 2.45) is 0 Å². The molecule has 0 radical (unpaired) electrons. The third-order valence-corrected chi connectivity index (χ3v) is 7.23. The Kier molecular flexibility index (Phi) is 5.89. The van der Waals surface area contributed by atoms with Crippen molar-refractivity contribution < 1.29 is 4.79 Å². The summed E-state index contributed by atoms with van der Waals surface area (Å²) in [4.78, 5) is 17.5. The van der Waals surface area contributed by atoms with E-state index in [-0.39, 0.29) is 11.8 Å². The summed E-state index contributed by atoms with van der Waals surface area (Å²) in [5, 5.41) is 9.65. The number of aromatic nitrogens is 5.